The molecule has 0 aromatic heterocycles. The Labute approximate surface area is 125 Å². The van der Waals surface area contributed by atoms with Crippen molar-refractivity contribution in [1.82, 2.24) is 10.2 Å². The van der Waals surface area contributed by atoms with Gasteiger partial charge in [-0.25, -0.2) is 8.42 Å². The quantitative estimate of drug-likeness (QED) is 0.865. The number of rotatable bonds is 3. The van der Waals surface area contributed by atoms with Gasteiger partial charge in [-0.05, 0) is 33.1 Å². The molecule has 1 heterocycles. The zero-order chi connectivity index (χ0) is 15.8. The minimum Gasteiger partial charge on any atom is -0.311 e. The summed E-state index contributed by atoms with van der Waals surface area (Å²) in [5, 5.41) is 3.58. The molecule has 1 aliphatic heterocycles. The molecule has 1 N–H and O–H groups in total. The molecule has 0 spiro atoms. The summed E-state index contributed by atoms with van der Waals surface area (Å²) in [5.41, 5.74) is 0.196. The molecule has 4 nitrogen and oxygen atoms in total. The SMILES string of the molecule is CC1CNC(C(C)(C)C)CN1CCS(=O)(=O)C(C)(C)C. The summed E-state index contributed by atoms with van der Waals surface area (Å²) in [5.74, 6) is 0.248. The third-order valence-electron chi connectivity index (χ3n) is 4.33. The fourth-order valence-corrected chi connectivity index (χ4v) is 3.44. The van der Waals surface area contributed by atoms with Crippen molar-refractivity contribution in [2.75, 3.05) is 25.4 Å². The van der Waals surface area contributed by atoms with Gasteiger partial charge in [0.1, 0.15) is 0 Å². The zero-order valence-electron chi connectivity index (χ0n) is 14.2. The molecule has 0 aliphatic carbocycles. The van der Waals surface area contributed by atoms with Crippen molar-refractivity contribution in [2.45, 2.75) is 65.3 Å². The van der Waals surface area contributed by atoms with E-state index in [1.165, 1.54) is 0 Å². The summed E-state index contributed by atoms with van der Waals surface area (Å²) < 4.78 is 23.8. The van der Waals surface area contributed by atoms with Gasteiger partial charge < -0.3 is 5.32 Å². The summed E-state index contributed by atoms with van der Waals surface area (Å²) in [6.45, 7) is 16.7. The summed E-state index contributed by atoms with van der Waals surface area (Å²) in [6, 6.07) is 0.805. The average Bonchev–Trinajstić information content (AvgIpc) is 2.24. The molecule has 0 aromatic carbocycles. The molecular formula is C15H32N2O2S. The van der Waals surface area contributed by atoms with Crippen LogP contribution in [-0.4, -0.2) is 55.5 Å². The molecule has 120 valence electrons. The van der Waals surface area contributed by atoms with Crippen molar-refractivity contribution in [2.24, 2.45) is 5.41 Å². The van der Waals surface area contributed by atoms with Crippen LogP contribution in [0.4, 0.5) is 0 Å². The minimum absolute atomic E-state index is 0.196. The van der Waals surface area contributed by atoms with Gasteiger partial charge in [-0.15, -0.1) is 0 Å². The second-order valence-electron chi connectivity index (χ2n) is 8.10. The molecule has 20 heavy (non-hydrogen) atoms. The molecule has 0 radical (unpaired) electrons. The van der Waals surface area contributed by atoms with Crippen molar-refractivity contribution in [3.8, 4) is 0 Å². The summed E-state index contributed by atoms with van der Waals surface area (Å²) in [6.07, 6.45) is 0. The van der Waals surface area contributed by atoms with Crippen LogP contribution >= 0.6 is 0 Å². The van der Waals surface area contributed by atoms with Gasteiger partial charge in [-0.3, -0.25) is 4.90 Å². The average molecular weight is 305 g/mol. The molecule has 2 atom stereocenters. The van der Waals surface area contributed by atoms with E-state index in [9.17, 15) is 8.42 Å². The molecule has 0 bridgehead atoms. The van der Waals surface area contributed by atoms with Crippen LogP contribution in [0.1, 0.15) is 48.5 Å². The Morgan fingerprint density at radius 2 is 1.70 bits per heavy atom. The predicted molar refractivity (Wildman–Crippen MR) is 85.8 cm³/mol. The van der Waals surface area contributed by atoms with Crippen LogP contribution in [0.2, 0.25) is 0 Å². The van der Waals surface area contributed by atoms with E-state index in [2.05, 4.69) is 37.9 Å². The Hall–Kier alpha value is -0.130. The molecule has 0 amide bonds. The third-order valence-corrected chi connectivity index (χ3v) is 6.91. The number of hydrogen-bond donors (Lipinski definition) is 1. The van der Waals surface area contributed by atoms with E-state index in [1.807, 2.05) is 0 Å². The smallest absolute Gasteiger partial charge is 0.156 e. The van der Waals surface area contributed by atoms with E-state index in [1.54, 1.807) is 20.8 Å². The zero-order valence-corrected chi connectivity index (χ0v) is 15.0. The normalized spacial score (nSPS) is 26.8. The van der Waals surface area contributed by atoms with Crippen LogP contribution in [0.25, 0.3) is 0 Å². The van der Waals surface area contributed by atoms with Crippen LogP contribution in [-0.2, 0) is 9.84 Å². The van der Waals surface area contributed by atoms with E-state index in [0.717, 1.165) is 13.1 Å². The molecule has 5 heteroatoms. The Bertz CT molecular complexity index is 418. The number of piperazine rings is 1. The lowest BCUT2D eigenvalue weighted by molar-refractivity contribution is 0.0992. The first kappa shape index (κ1) is 17.9. The lowest BCUT2D eigenvalue weighted by atomic mass is 9.85. The summed E-state index contributed by atoms with van der Waals surface area (Å²) in [4.78, 5) is 2.32. The molecule has 1 fully saturated rings. The van der Waals surface area contributed by atoms with Crippen LogP contribution in [0.15, 0.2) is 0 Å². The second kappa shape index (κ2) is 5.93. The maximum atomic E-state index is 12.2. The van der Waals surface area contributed by atoms with Gasteiger partial charge in [0.2, 0.25) is 0 Å². The molecule has 1 rings (SSSR count). The monoisotopic (exact) mass is 304 g/mol. The maximum Gasteiger partial charge on any atom is 0.156 e. The maximum absolute atomic E-state index is 12.2. The number of nitrogens with one attached hydrogen (secondary N) is 1. The highest BCUT2D eigenvalue weighted by molar-refractivity contribution is 7.92. The largest absolute Gasteiger partial charge is 0.311 e. The first-order valence-corrected chi connectivity index (χ1v) is 9.19. The van der Waals surface area contributed by atoms with E-state index >= 15 is 0 Å². The molecule has 0 aromatic rings. The van der Waals surface area contributed by atoms with Gasteiger partial charge in [0.25, 0.3) is 0 Å². The Balaban J connectivity index is 2.67. The fourth-order valence-electron chi connectivity index (χ4n) is 2.36. The standard InChI is InChI=1S/C15H32N2O2S/c1-12-10-16-13(14(2,3)4)11-17(12)8-9-20(18,19)15(5,6)7/h12-13,16H,8-11H2,1-7H3. The van der Waals surface area contributed by atoms with Gasteiger partial charge in [0, 0.05) is 31.7 Å². The number of hydrogen-bond acceptors (Lipinski definition) is 4. The van der Waals surface area contributed by atoms with Crippen molar-refractivity contribution >= 4 is 9.84 Å². The number of sulfone groups is 1. The minimum atomic E-state index is -3.04. The molecular weight excluding hydrogens is 272 g/mol. The molecule has 0 saturated carbocycles. The molecule has 1 aliphatic rings. The van der Waals surface area contributed by atoms with Gasteiger partial charge in [0.15, 0.2) is 9.84 Å². The highest BCUT2D eigenvalue weighted by Crippen LogP contribution is 2.24. The predicted octanol–water partition coefficient (Wildman–Crippen LogP) is 1.91. The fraction of sp³-hybridized carbons (Fsp3) is 1.00. The molecule has 2 unspecified atom stereocenters. The van der Waals surface area contributed by atoms with E-state index in [4.69, 9.17) is 0 Å². The van der Waals surface area contributed by atoms with Gasteiger partial charge >= 0.3 is 0 Å². The number of nitrogens with zero attached hydrogens (tertiary/aromatic N) is 1. The van der Waals surface area contributed by atoms with Crippen LogP contribution < -0.4 is 5.32 Å². The Kier molecular flexibility index (Phi) is 5.32. The van der Waals surface area contributed by atoms with Gasteiger partial charge in [-0.2, -0.15) is 0 Å². The first-order chi connectivity index (χ1) is 8.84. The molecule has 1 saturated heterocycles. The van der Waals surface area contributed by atoms with E-state index in [0.29, 0.717) is 18.6 Å². The highest BCUT2D eigenvalue weighted by atomic mass is 32.2. The van der Waals surface area contributed by atoms with E-state index < -0.39 is 14.6 Å². The van der Waals surface area contributed by atoms with Gasteiger partial charge in [-0.1, -0.05) is 20.8 Å². The van der Waals surface area contributed by atoms with E-state index in [-0.39, 0.29) is 11.2 Å². The first-order valence-electron chi connectivity index (χ1n) is 7.54. The van der Waals surface area contributed by atoms with Crippen molar-refractivity contribution in [1.29, 1.82) is 0 Å². The highest BCUT2D eigenvalue weighted by Gasteiger charge is 2.34. The second-order valence-corrected chi connectivity index (χ2v) is 11.0. The van der Waals surface area contributed by atoms with Crippen molar-refractivity contribution < 1.29 is 8.42 Å². The van der Waals surface area contributed by atoms with Crippen LogP contribution in [0.5, 0.6) is 0 Å². The van der Waals surface area contributed by atoms with Crippen molar-refractivity contribution in [3.63, 3.8) is 0 Å². The lowest BCUT2D eigenvalue weighted by Gasteiger charge is -2.44. The Morgan fingerprint density at radius 1 is 1.15 bits per heavy atom. The Morgan fingerprint density at radius 3 is 2.15 bits per heavy atom. The summed E-state index contributed by atoms with van der Waals surface area (Å²) in [7, 11) is -3.04. The van der Waals surface area contributed by atoms with Crippen LogP contribution in [0.3, 0.4) is 0 Å². The summed E-state index contributed by atoms with van der Waals surface area (Å²) >= 11 is 0. The third kappa shape index (κ3) is 4.43. The van der Waals surface area contributed by atoms with Crippen LogP contribution in [0, 0.1) is 5.41 Å². The van der Waals surface area contributed by atoms with Gasteiger partial charge in [0.05, 0.1) is 10.5 Å². The lowest BCUT2D eigenvalue weighted by Crippen LogP contribution is -2.60. The van der Waals surface area contributed by atoms with Crippen molar-refractivity contribution in [3.05, 3.63) is 0 Å². The topological polar surface area (TPSA) is 49.4 Å².